The molecule has 0 saturated heterocycles. The van der Waals surface area contributed by atoms with Crippen molar-refractivity contribution in [3.05, 3.63) is 53.9 Å². The van der Waals surface area contributed by atoms with E-state index in [0.29, 0.717) is 13.2 Å². The molecule has 1 aromatic heterocycles. The average molecular weight is 417 g/mol. The summed E-state index contributed by atoms with van der Waals surface area (Å²) in [7, 11) is -1.55. The SMILES string of the molecule is CC(C)[Si](Sc1cccc(OCCc2cccc(CN)n2)c1)(C(C)C)C(C)C. The number of nitrogens with two attached hydrogens (primary N) is 1. The molecule has 0 unspecified atom stereocenters. The normalized spacial score (nSPS) is 12.2. The largest absolute Gasteiger partial charge is 0.493 e. The van der Waals surface area contributed by atoms with E-state index in [1.807, 2.05) is 18.2 Å². The zero-order valence-electron chi connectivity index (χ0n) is 18.2. The molecule has 0 aliphatic rings. The lowest BCUT2D eigenvalue weighted by Gasteiger charge is -2.42. The molecule has 5 heteroatoms. The summed E-state index contributed by atoms with van der Waals surface area (Å²) in [5.41, 5.74) is 9.80. The highest BCUT2D eigenvalue weighted by molar-refractivity contribution is 8.29. The molecule has 1 aromatic carbocycles. The van der Waals surface area contributed by atoms with Crippen molar-refractivity contribution in [2.24, 2.45) is 5.73 Å². The summed E-state index contributed by atoms with van der Waals surface area (Å²) in [4.78, 5) is 5.88. The Morgan fingerprint density at radius 2 is 1.54 bits per heavy atom. The Morgan fingerprint density at radius 3 is 2.14 bits per heavy atom. The smallest absolute Gasteiger partial charge is 0.131 e. The molecule has 0 spiro atoms. The number of ether oxygens (including phenoxy) is 1. The van der Waals surface area contributed by atoms with Crippen LogP contribution in [0.2, 0.25) is 16.6 Å². The molecular formula is C23H36N2OSSi. The van der Waals surface area contributed by atoms with Gasteiger partial charge in [0, 0.05) is 23.6 Å². The summed E-state index contributed by atoms with van der Waals surface area (Å²) in [5.74, 6) is 0.944. The van der Waals surface area contributed by atoms with Crippen LogP contribution in [-0.4, -0.2) is 18.8 Å². The summed E-state index contributed by atoms with van der Waals surface area (Å²) in [6.45, 7) is 15.5. The second-order valence-electron chi connectivity index (χ2n) is 8.32. The van der Waals surface area contributed by atoms with Crippen LogP contribution >= 0.6 is 11.2 Å². The molecule has 0 amide bonds. The van der Waals surface area contributed by atoms with Gasteiger partial charge >= 0.3 is 0 Å². The van der Waals surface area contributed by atoms with Gasteiger partial charge in [0.15, 0.2) is 0 Å². The van der Waals surface area contributed by atoms with E-state index in [-0.39, 0.29) is 0 Å². The molecule has 2 N–H and O–H groups in total. The second kappa shape index (κ2) is 10.5. The van der Waals surface area contributed by atoms with Gasteiger partial charge in [0.2, 0.25) is 0 Å². The van der Waals surface area contributed by atoms with Crippen molar-refractivity contribution in [1.29, 1.82) is 0 Å². The van der Waals surface area contributed by atoms with Gasteiger partial charge in [-0.1, -0.05) is 53.7 Å². The van der Waals surface area contributed by atoms with Crippen molar-refractivity contribution in [2.45, 2.75) is 76.0 Å². The molecule has 0 saturated carbocycles. The van der Waals surface area contributed by atoms with Gasteiger partial charge in [0.1, 0.15) is 13.0 Å². The summed E-state index contributed by atoms with van der Waals surface area (Å²) in [5, 5.41) is 0. The second-order valence-corrected chi connectivity index (χ2v) is 16.9. The van der Waals surface area contributed by atoms with E-state index >= 15 is 0 Å². The monoisotopic (exact) mass is 416 g/mol. The van der Waals surface area contributed by atoms with Crippen LogP contribution in [0.4, 0.5) is 0 Å². The number of pyridine rings is 1. The van der Waals surface area contributed by atoms with E-state index in [9.17, 15) is 0 Å². The van der Waals surface area contributed by atoms with Crippen molar-refractivity contribution in [2.75, 3.05) is 6.61 Å². The van der Waals surface area contributed by atoms with Gasteiger partial charge in [-0.2, -0.15) is 11.2 Å². The molecule has 154 valence electrons. The van der Waals surface area contributed by atoms with Crippen LogP contribution in [0, 0.1) is 0 Å². The molecule has 28 heavy (non-hydrogen) atoms. The topological polar surface area (TPSA) is 48.1 Å². The van der Waals surface area contributed by atoms with Crippen molar-refractivity contribution in [3.8, 4) is 5.75 Å². The molecule has 0 fully saturated rings. The van der Waals surface area contributed by atoms with Gasteiger partial charge in [0.05, 0.1) is 12.3 Å². The fourth-order valence-electron chi connectivity index (χ4n) is 4.24. The first-order chi connectivity index (χ1) is 13.3. The molecule has 0 aliphatic carbocycles. The number of benzene rings is 1. The highest BCUT2D eigenvalue weighted by atomic mass is 32.4. The number of hydrogen-bond acceptors (Lipinski definition) is 4. The van der Waals surface area contributed by atoms with Crippen molar-refractivity contribution in [1.82, 2.24) is 4.98 Å². The Morgan fingerprint density at radius 1 is 0.929 bits per heavy atom. The third-order valence-corrected chi connectivity index (χ3v) is 17.8. The lowest BCUT2D eigenvalue weighted by atomic mass is 10.2. The molecule has 0 aliphatic heterocycles. The average Bonchev–Trinajstić information content (AvgIpc) is 2.65. The Kier molecular flexibility index (Phi) is 8.59. The zero-order valence-corrected chi connectivity index (χ0v) is 20.1. The number of aromatic nitrogens is 1. The van der Waals surface area contributed by atoms with Gasteiger partial charge < -0.3 is 10.5 Å². The third kappa shape index (κ3) is 5.62. The van der Waals surface area contributed by atoms with Gasteiger partial charge in [-0.15, -0.1) is 0 Å². The van der Waals surface area contributed by atoms with Crippen LogP contribution < -0.4 is 10.5 Å². The van der Waals surface area contributed by atoms with Crippen LogP contribution in [0.25, 0.3) is 0 Å². The summed E-state index contributed by atoms with van der Waals surface area (Å²) in [6.07, 6.45) is 0.786. The molecule has 2 aromatic rings. The standard InChI is InChI=1S/C23H36N2OSSi/c1-17(2)28(18(3)4,19(5)6)27-23-12-8-11-22(15-23)26-14-13-20-9-7-10-21(16-24)25-20/h7-12,15,17-19H,13-14,16,24H2,1-6H3. The third-order valence-electron chi connectivity index (χ3n) is 5.51. The van der Waals surface area contributed by atoms with Crippen molar-refractivity contribution in [3.63, 3.8) is 0 Å². The van der Waals surface area contributed by atoms with E-state index in [0.717, 1.165) is 40.2 Å². The maximum Gasteiger partial charge on any atom is 0.131 e. The first-order valence-corrected chi connectivity index (χ1v) is 14.1. The van der Waals surface area contributed by atoms with Gasteiger partial charge in [-0.25, -0.2) is 0 Å². The maximum atomic E-state index is 6.05. The van der Waals surface area contributed by atoms with E-state index in [4.69, 9.17) is 10.5 Å². The lowest BCUT2D eigenvalue weighted by Crippen LogP contribution is -2.40. The van der Waals surface area contributed by atoms with Gasteiger partial charge in [-0.3, -0.25) is 4.98 Å². The summed E-state index contributed by atoms with van der Waals surface area (Å²) >= 11 is 2.14. The fourth-order valence-corrected chi connectivity index (χ4v) is 13.4. The molecule has 1 heterocycles. The Hall–Kier alpha value is -1.30. The minimum absolute atomic E-state index is 0.473. The van der Waals surface area contributed by atoms with Crippen molar-refractivity contribution >= 4 is 18.4 Å². The minimum Gasteiger partial charge on any atom is -0.493 e. The molecule has 3 nitrogen and oxygen atoms in total. The zero-order chi connectivity index (χ0) is 20.7. The Bertz CT molecular complexity index is 727. The number of hydrogen-bond donors (Lipinski definition) is 1. The quantitative estimate of drug-likeness (QED) is 0.453. The molecule has 0 atom stereocenters. The van der Waals surface area contributed by atoms with Crippen LogP contribution in [0.1, 0.15) is 52.9 Å². The minimum atomic E-state index is -1.55. The first-order valence-electron chi connectivity index (χ1n) is 10.4. The predicted molar refractivity (Wildman–Crippen MR) is 125 cm³/mol. The van der Waals surface area contributed by atoms with E-state index in [1.165, 1.54) is 4.90 Å². The maximum absolute atomic E-state index is 6.05. The molecule has 2 rings (SSSR count). The van der Waals surface area contributed by atoms with Gasteiger partial charge in [-0.05, 0) is 47.0 Å². The number of nitrogens with zero attached hydrogens (tertiary/aromatic N) is 1. The van der Waals surface area contributed by atoms with E-state index in [2.05, 4.69) is 82.0 Å². The Balaban J connectivity index is 2.06. The van der Waals surface area contributed by atoms with Gasteiger partial charge in [0.25, 0.3) is 0 Å². The Labute approximate surface area is 176 Å². The summed E-state index contributed by atoms with van der Waals surface area (Å²) in [6, 6.07) is 14.6. The molecular weight excluding hydrogens is 380 g/mol. The van der Waals surface area contributed by atoms with E-state index in [1.54, 1.807) is 0 Å². The van der Waals surface area contributed by atoms with Crippen LogP contribution in [0.5, 0.6) is 5.75 Å². The van der Waals surface area contributed by atoms with E-state index < -0.39 is 7.22 Å². The molecule has 0 bridgehead atoms. The van der Waals surface area contributed by atoms with Crippen molar-refractivity contribution < 1.29 is 4.74 Å². The highest BCUT2D eigenvalue weighted by Crippen LogP contribution is 2.52. The van der Waals surface area contributed by atoms with Crippen LogP contribution in [0.15, 0.2) is 47.4 Å². The summed E-state index contributed by atoms with van der Waals surface area (Å²) < 4.78 is 6.05. The highest BCUT2D eigenvalue weighted by Gasteiger charge is 2.44. The number of rotatable bonds is 10. The van der Waals surface area contributed by atoms with Crippen LogP contribution in [-0.2, 0) is 13.0 Å². The lowest BCUT2D eigenvalue weighted by molar-refractivity contribution is 0.319. The molecule has 0 radical (unpaired) electrons. The van der Waals surface area contributed by atoms with Crippen LogP contribution in [0.3, 0.4) is 0 Å². The predicted octanol–water partition coefficient (Wildman–Crippen LogP) is 6.43. The fraction of sp³-hybridized carbons (Fsp3) is 0.522. The first kappa shape index (κ1) is 23.0.